The van der Waals surface area contributed by atoms with Crippen molar-refractivity contribution in [1.29, 1.82) is 0 Å². The summed E-state index contributed by atoms with van der Waals surface area (Å²) < 4.78 is 0.863. The zero-order valence-electron chi connectivity index (χ0n) is 11.7. The maximum atomic E-state index is 11.7. The van der Waals surface area contributed by atoms with Crippen LogP contribution in [0.2, 0.25) is 4.34 Å². The highest BCUT2D eigenvalue weighted by Crippen LogP contribution is 2.39. The van der Waals surface area contributed by atoms with Gasteiger partial charge in [-0.25, -0.2) is 0 Å². The summed E-state index contributed by atoms with van der Waals surface area (Å²) in [6, 6.07) is 2.42. The van der Waals surface area contributed by atoms with E-state index in [1.54, 1.807) is 11.3 Å². The van der Waals surface area contributed by atoms with Gasteiger partial charge in [0.1, 0.15) is 0 Å². The fourth-order valence-electron chi connectivity index (χ4n) is 2.38. The van der Waals surface area contributed by atoms with Crippen molar-refractivity contribution in [1.82, 2.24) is 10.6 Å². The minimum absolute atomic E-state index is 0.0987. The van der Waals surface area contributed by atoms with Gasteiger partial charge in [0.15, 0.2) is 0 Å². The van der Waals surface area contributed by atoms with E-state index in [4.69, 9.17) is 11.6 Å². The summed E-state index contributed by atoms with van der Waals surface area (Å²) in [4.78, 5) is 13.1. The van der Waals surface area contributed by atoms with Crippen LogP contribution in [0.5, 0.6) is 0 Å². The largest absolute Gasteiger partial charge is 0.351 e. The first-order valence-electron chi connectivity index (χ1n) is 6.67. The lowest BCUT2D eigenvalue weighted by Gasteiger charge is -2.21. The van der Waals surface area contributed by atoms with Crippen LogP contribution in [-0.2, 0) is 11.2 Å². The van der Waals surface area contributed by atoms with Gasteiger partial charge in [0.05, 0.1) is 4.34 Å². The smallest absolute Gasteiger partial charge is 0.221 e. The molecule has 2 N–H and O–H groups in total. The summed E-state index contributed by atoms with van der Waals surface area (Å²) in [6.45, 7) is 6.69. The molecule has 1 aliphatic carbocycles. The molecule has 106 valence electrons. The topological polar surface area (TPSA) is 41.1 Å². The molecule has 0 radical (unpaired) electrons. The van der Waals surface area contributed by atoms with Crippen molar-refractivity contribution in [3.63, 3.8) is 0 Å². The molecular weight excluding hydrogens is 280 g/mol. The van der Waals surface area contributed by atoms with Crippen molar-refractivity contribution >= 4 is 28.8 Å². The number of thiophene rings is 1. The van der Waals surface area contributed by atoms with E-state index in [1.807, 2.05) is 20.8 Å². The highest BCUT2D eigenvalue weighted by atomic mass is 35.5. The number of aryl methyl sites for hydroxylation is 1. The summed E-state index contributed by atoms with van der Waals surface area (Å²) in [7, 11) is 0. The Bertz CT molecular complexity index is 465. The molecule has 0 spiro atoms. The Labute approximate surface area is 123 Å². The number of carbonyl (C=O) groups is 1. The van der Waals surface area contributed by atoms with Crippen LogP contribution in [0.3, 0.4) is 0 Å². The van der Waals surface area contributed by atoms with Gasteiger partial charge in [-0.05, 0) is 45.2 Å². The van der Waals surface area contributed by atoms with Gasteiger partial charge in [-0.2, -0.15) is 0 Å². The summed E-state index contributed by atoms with van der Waals surface area (Å²) >= 11 is 7.70. The number of fused-ring (bicyclic) bond motifs is 1. The molecule has 0 saturated carbocycles. The highest BCUT2D eigenvalue weighted by Gasteiger charge is 2.24. The molecule has 1 unspecified atom stereocenters. The van der Waals surface area contributed by atoms with Crippen LogP contribution in [0.1, 0.15) is 50.1 Å². The number of rotatable bonds is 4. The highest BCUT2D eigenvalue weighted by molar-refractivity contribution is 7.16. The normalized spacial score (nSPS) is 18.4. The molecule has 0 aromatic carbocycles. The number of nitrogens with one attached hydrogen (secondary N) is 2. The predicted octanol–water partition coefficient (Wildman–Crippen LogP) is 3.28. The van der Waals surface area contributed by atoms with Crippen LogP contribution >= 0.6 is 22.9 Å². The lowest BCUT2D eigenvalue weighted by molar-refractivity contribution is -0.122. The maximum absolute atomic E-state index is 11.7. The van der Waals surface area contributed by atoms with Gasteiger partial charge in [-0.15, -0.1) is 11.3 Å². The minimum Gasteiger partial charge on any atom is -0.351 e. The second-order valence-corrected chi connectivity index (χ2v) is 7.79. The van der Waals surface area contributed by atoms with Gasteiger partial charge < -0.3 is 10.6 Å². The SMILES string of the molecule is CC(C)(C)NC(=O)CCNC1CCc2sc(Cl)cc21. The summed E-state index contributed by atoms with van der Waals surface area (Å²) in [6.07, 6.45) is 2.72. The Hall–Kier alpha value is -0.580. The van der Waals surface area contributed by atoms with Crippen molar-refractivity contribution in [2.24, 2.45) is 0 Å². The number of hydrogen-bond acceptors (Lipinski definition) is 3. The minimum atomic E-state index is -0.154. The van der Waals surface area contributed by atoms with Crippen LogP contribution in [-0.4, -0.2) is 18.0 Å². The lowest BCUT2D eigenvalue weighted by atomic mass is 10.1. The third-order valence-corrected chi connectivity index (χ3v) is 4.44. The first-order chi connectivity index (χ1) is 8.85. The van der Waals surface area contributed by atoms with Crippen LogP contribution < -0.4 is 10.6 Å². The van der Waals surface area contributed by atoms with E-state index in [-0.39, 0.29) is 11.4 Å². The van der Waals surface area contributed by atoms with E-state index in [9.17, 15) is 4.79 Å². The van der Waals surface area contributed by atoms with E-state index in [0.29, 0.717) is 19.0 Å². The Kier molecular flexibility index (Phi) is 4.54. The zero-order valence-corrected chi connectivity index (χ0v) is 13.3. The molecule has 0 saturated heterocycles. The van der Waals surface area contributed by atoms with E-state index in [0.717, 1.165) is 17.2 Å². The van der Waals surface area contributed by atoms with E-state index >= 15 is 0 Å². The van der Waals surface area contributed by atoms with Crippen LogP contribution in [0.25, 0.3) is 0 Å². The van der Waals surface area contributed by atoms with Gasteiger partial charge in [0.25, 0.3) is 0 Å². The van der Waals surface area contributed by atoms with Crippen molar-refractivity contribution in [2.45, 2.75) is 51.6 Å². The van der Waals surface area contributed by atoms with Crippen molar-refractivity contribution in [3.8, 4) is 0 Å². The second-order valence-electron chi connectivity index (χ2n) is 6.02. The lowest BCUT2D eigenvalue weighted by Crippen LogP contribution is -2.41. The Morgan fingerprint density at radius 1 is 1.53 bits per heavy atom. The molecule has 1 heterocycles. The Balaban J connectivity index is 1.77. The molecule has 1 aromatic rings. The monoisotopic (exact) mass is 300 g/mol. The van der Waals surface area contributed by atoms with Gasteiger partial charge in [-0.3, -0.25) is 4.79 Å². The molecule has 0 aliphatic heterocycles. The van der Waals surface area contributed by atoms with Crippen molar-refractivity contribution < 1.29 is 4.79 Å². The fourth-order valence-corrected chi connectivity index (χ4v) is 3.74. The predicted molar refractivity (Wildman–Crippen MR) is 80.9 cm³/mol. The average molecular weight is 301 g/mol. The summed E-state index contributed by atoms with van der Waals surface area (Å²) in [5.41, 5.74) is 1.17. The molecule has 1 atom stereocenters. The molecular formula is C14H21ClN2OS. The molecule has 0 fully saturated rings. The third kappa shape index (κ3) is 4.20. The standard InChI is InChI=1S/C14H21ClN2OS/c1-14(2,3)17-13(18)6-7-16-10-4-5-11-9(10)8-12(15)19-11/h8,10,16H,4-7H2,1-3H3,(H,17,18). The quantitative estimate of drug-likeness (QED) is 0.896. The molecule has 1 aromatic heterocycles. The maximum Gasteiger partial charge on any atom is 0.221 e. The molecule has 0 bridgehead atoms. The molecule has 1 amide bonds. The number of carbonyl (C=O) groups excluding carboxylic acids is 1. The molecule has 2 rings (SSSR count). The van der Waals surface area contributed by atoms with Crippen LogP contribution in [0.15, 0.2) is 6.07 Å². The van der Waals surface area contributed by atoms with E-state index < -0.39 is 0 Å². The number of hydrogen-bond donors (Lipinski definition) is 2. The van der Waals surface area contributed by atoms with Gasteiger partial charge in [-0.1, -0.05) is 11.6 Å². The Morgan fingerprint density at radius 2 is 2.26 bits per heavy atom. The molecule has 3 nitrogen and oxygen atoms in total. The summed E-state index contributed by atoms with van der Waals surface area (Å²) in [5.74, 6) is 0.0987. The first-order valence-corrected chi connectivity index (χ1v) is 7.87. The third-order valence-electron chi connectivity index (χ3n) is 3.10. The average Bonchev–Trinajstić information content (AvgIpc) is 2.76. The van der Waals surface area contributed by atoms with Crippen molar-refractivity contribution in [2.75, 3.05) is 6.54 Å². The first kappa shape index (κ1) is 14.8. The van der Waals surface area contributed by atoms with Crippen LogP contribution in [0.4, 0.5) is 0 Å². The molecule has 1 aliphatic rings. The Morgan fingerprint density at radius 3 is 2.95 bits per heavy atom. The van der Waals surface area contributed by atoms with Crippen molar-refractivity contribution in [3.05, 3.63) is 20.8 Å². The summed E-state index contributed by atoms with van der Waals surface area (Å²) in [5, 5.41) is 6.42. The van der Waals surface area contributed by atoms with Gasteiger partial charge in [0.2, 0.25) is 5.91 Å². The van der Waals surface area contributed by atoms with E-state index in [2.05, 4.69) is 16.7 Å². The fraction of sp³-hybridized carbons (Fsp3) is 0.643. The molecule has 5 heteroatoms. The zero-order chi connectivity index (χ0) is 14.0. The van der Waals surface area contributed by atoms with E-state index in [1.165, 1.54) is 10.4 Å². The van der Waals surface area contributed by atoms with Gasteiger partial charge in [0, 0.05) is 29.4 Å². The number of amides is 1. The second kappa shape index (κ2) is 5.81. The van der Waals surface area contributed by atoms with Gasteiger partial charge >= 0.3 is 0 Å². The van der Waals surface area contributed by atoms with Crippen LogP contribution in [0, 0.1) is 0 Å². The number of halogens is 1. The molecule has 19 heavy (non-hydrogen) atoms.